The summed E-state index contributed by atoms with van der Waals surface area (Å²) in [6, 6.07) is 8.34. The third kappa shape index (κ3) is 5.99. The van der Waals surface area contributed by atoms with Crippen molar-refractivity contribution < 1.29 is 4.74 Å². The molecule has 0 saturated heterocycles. The molecule has 0 atom stereocenters. The summed E-state index contributed by atoms with van der Waals surface area (Å²) in [6.45, 7) is 6.80. The van der Waals surface area contributed by atoms with Gasteiger partial charge in [0.25, 0.3) is 0 Å². The van der Waals surface area contributed by atoms with Gasteiger partial charge in [-0.2, -0.15) is 0 Å². The lowest BCUT2D eigenvalue weighted by Crippen LogP contribution is -2.12. The van der Waals surface area contributed by atoms with Gasteiger partial charge >= 0.3 is 0 Å². The number of anilines is 1. The van der Waals surface area contributed by atoms with Crippen LogP contribution in [0.1, 0.15) is 13.8 Å². The second-order valence-electron chi connectivity index (χ2n) is 3.91. The maximum absolute atomic E-state index is 5.48. The van der Waals surface area contributed by atoms with Crippen molar-refractivity contribution in [2.24, 2.45) is 5.92 Å². The molecule has 0 saturated carbocycles. The molecule has 3 heteroatoms. The van der Waals surface area contributed by atoms with E-state index in [0.717, 1.165) is 25.4 Å². The van der Waals surface area contributed by atoms with Crippen molar-refractivity contribution in [3.05, 3.63) is 27.8 Å². The summed E-state index contributed by atoms with van der Waals surface area (Å²) < 4.78 is 6.73. The van der Waals surface area contributed by atoms with Gasteiger partial charge in [-0.1, -0.05) is 19.9 Å². The molecule has 0 aliphatic heterocycles. The molecule has 1 aromatic rings. The van der Waals surface area contributed by atoms with Crippen LogP contribution >= 0.6 is 22.6 Å². The van der Waals surface area contributed by atoms with Crippen molar-refractivity contribution in [2.45, 2.75) is 13.8 Å². The zero-order chi connectivity index (χ0) is 11.1. The van der Waals surface area contributed by atoms with Gasteiger partial charge in [-0.15, -0.1) is 0 Å². The van der Waals surface area contributed by atoms with Crippen molar-refractivity contribution in [1.29, 1.82) is 0 Å². The molecule has 0 amide bonds. The maximum atomic E-state index is 5.48. The Kier molecular flexibility index (Phi) is 6.02. The van der Waals surface area contributed by atoms with Crippen LogP contribution in [0.4, 0.5) is 5.69 Å². The molecule has 0 bridgehead atoms. The fourth-order valence-electron chi connectivity index (χ4n) is 1.19. The van der Waals surface area contributed by atoms with E-state index in [-0.39, 0.29) is 0 Å². The Labute approximate surface area is 106 Å². The topological polar surface area (TPSA) is 21.3 Å². The molecule has 0 aromatic heterocycles. The minimum absolute atomic E-state index is 0.614. The molecule has 84 valence electrons. The number of nitrogens with one attached hydrogen (secondary N) is 1. The van der Waals surface area contributed by atoms with Crippen LogP contribution in [0.25, 0.3) is 0 Å². The van der Waals surface area contributed by atoms with Gasteiger partial charge < -0.3 is 10.1 Å². The van der Waals surface area contributed by atoms with Crippen molar-refractivity contribution in [1.82, 2.24) is 0 Å². The second-order valence-corrected chi connectivity index (χ2v) is 5.15. The molecule has 1 aromatic carbocycles. The standard InChI is InChI=1S/C12H18INO/c1-10(2)9-15-7-6-14-12-5-3-4-11(13)8-12/h3-5,8,10,14H,6-7,9H2,1-2H3. The Bertz CT molecular complexity index is 289. The third-order valence-electron chi connectivity index (χ3n) is 1.85. The molecule has 0 fully saturated rings. The number of halogens is 1. The van der Waals surface area contributed by atoms with Gasteiger partial charge in [0.1, 0.15) is 0 Å². The van der Waals surface area contributed by atoms with Crippen LogP contribution in [0, 0.1) is 9.49 Å². The highest BCUT2D eigenvalue weighted by Gasteiger charge is 1.94. The van der Waals surface area contributed by atoms with Gasteiger partial charge in [-0.3, -0.25) is 0 Å². The molecule has 1 rings (SSSR count). The van der Waals surface area contributed by atoms with E-state index in [4.69, 9.17) is 4.74 Å². The third-order valence-corrected chi connectivity index (χ3v) is 2.52. The van der Waals surface area contributed by atoms with Crippen LogP contribution in [0.2, 0.25) is 0 Å². The summed E-state index contributed by atoms with van der Waals surface area (Å²) in [5, 5.41) is 3.33. The first kappa shape index (κ1) is 12.8. The van der Waals surface area contributed by atoms with E-state index in [1.807, 2.05) is 0 Å². The van der Waals surface area contributed by atoms with E-state index < -0.39 is 0 Å². The number of rotatable bonds is 6. The van der Waals surface area contributed by atoms with Crippen molar-refractivity contribution in [3.8, 4) is 0 Å². The fraction of sp³-hybridized carbons (Fsp3) is 0.500. The Morgan fingerprint density at radius 2 is 2.20 bits per heavy atom. The first-order chi connectivity index (χ1) is 7.18. The van der Waals surface area contributed by atoms with Gasteiger partial charge in [-0.25, -0.2) is 0 Å². The molecular weight excluding hydrogens is 301 g/mol. The summed E-state index contributed by atoms with van der Waals surface area (Å²) in [6.07, 6.45) is 0. The molecular formula is C12H18INO. The van der Waals surface area contributed by atoms with Gasteiger partial charge in [0.05, 0.1) is 6.61 Å². The first-order valence-corrected chi connectivity index (χ1v) is 6.33. The van der Waals surface area contributed by atoms with Crippen LogP contribution in [-0.4, -0.2) is 19.8 Å². The van der Waals surface area contributed by atoms with Gasteiger partial charge in [0.2, 0.25) is 0 Å². The summed E-state index contributed by atoms with van der Waals surface area (Å²) >= 11 is 2.31. The first-order valence-electron chi connectivity index (χ1n) is 5.25. The van der Waals surface area contributed by atoms with Crippen LogP contribution in [0.3, 0.4) is 0 Å². The maximum Gasteiger partial charge on any atom is 0.0639 e. The SMILES string of the molecule is CC(C)COCCNc1cccc(I)c1. The van der Waals surface area contributed by atoms with Crippen molar-refractivity contribution >= 4 is 28.3 Å². The Balaban J connectivity index is 2.15. The molecule has 0 aliphatic rings. The number of hydrogen-bond acceptors (Lipinski definition) is 2. The predicted octanol–water partition coefficient (Wildman–Crippen LogP) is 3.38. The highest BCUT2D eigenvalue weighted by atomic mass is 127. The molecule has 2 nitrogen and oxygen atoms in total. The normalized spacial score (nSPS) is 10.7. The Morgan fingerprint density at radius 3 is 2.87 bits per heavy atom. The molecule has 0 radical (unpaired) electrons. The minimum atomic E-state index is 0.614. The lowest BCUT2D eigenvalue weighted by molar-refractivity contribution is 0.118. The summed E-state index contributed by atoms with van der Waals surface area (Å²) in [4.78, 5) is 0. The van der Waals surface area contributed by atoms with Gasteiger partial charge in [0.15, 0.2) is 0 Å². The van der Waals surface area contributed by atoms with Crippen LogP contribution < -0.4 is 5.32 Å². The summed E-state index contributed by atoms with van der Waals surface area (Å²) in [5.41, 5.74) is 1.16. The van der Waals surface area contributed by atoms with Gasteiger partial charge in [-0.05, 0) is 46.7 Å². The number of ether oxygens (including phenoxy) is 1. The van der Waals surface area contributed by atoms with E-state index in [1.54, 1.807) is 0 Å². The molecule has 0 heterocycles. The monoisotopic (exact) mass is 319 g/mol. The van der Waals surface area contributed by atoms with E-state index in [9.17, 15) is 0 Å². The smallest absolute Gasteiger partial charge is 0.0639 e. The minimum Gasteiger partial charge on any atom is -0.383 e. The van der Waals surface area contributed by atoms with E-state index in [2.05, 4.69) is 66.0 Å². The van der Waals surface area contributed by atoms with E-state index in [0.29, 0.717) is 5.92 Å². The average molecular weight is 319 g/mol. The van der Waals surface area contributed by atoms with Crippen LogP contribution in [0.15, 0.2) is 24.3 Å². The Morgan fingerprint density at radius 1 is 1.40 bits per heavy atom. The number of hydrogen-bond donors (Lipinski definition) is 1. The molecule has 0 aliphatic carbocycles. The van der Waals surface area contributed by atoms with Gasteiger partial charge in [0, 0.05) is 22.4 Å². The van der Waals surface area contributed by atoms with E-state index in [1.165, 1.54) is 3.57 Å². The zero-order valence-corrected chi connectivity index (χ0v) is 11.5. The average Bonchev–Trinajstić information content (AvgIpc) is 2.17. The molecule has 15 heavy (non-hydrogen) atoms. The summed E-state index contributed by atoms with van der Waals surface area (Å²) in [7, 11) is 0. The summed E-state index contributed by atoms with van der Waals surface area (Å²) in [5.74, 6) is 0.614. The largest absolute Gasteiger partial charge is 0.383 e. The molecule has 1 N–H and O–H groups in total. The lowest BCUT2D eigenvalue weighted by Gasteiger charge is -2.09. The Hall–Kier alpha value is -0.290. The van der Waals surface area contributed by atoms with Crippen LogP contribution in [0.5, 0.6) is 0 Å². The number of benzene rings is 1. The molecule has 0 unspecified atom stereocenters. The quantitative estimate of drug-likeness (QED) is 0.641. The second kappa shape index (κ2) is 7.06. The van der Waals surface area contributed by atoms with Crippen molar-refractivity contribution in [2.75, 3.05) is 25.1 Å². The zero-order valence-electron chi connectivity index (χ0n) is 9.29. The lowest BCUT2D eigenvalue weighted by atomic mass is 10.2. The highest BCUT2D eigenvalue weighted by Crippen LogP contribution is 2.11. The predicted molar refractivity (Wildman–Crippen MR) is 73.3 cm³/mol. The van der Waals surface area contributed by atoms with Crippen molar-refractivity contribution in [3.63, 3.8) is 0 Å². The van der Waals surface area contributed by atoms with E-state index >= 15 is 0 Å². The van der Waals surface area contributed by atoms with Crippen LogP contribution in [-0.2, 0) is 4.74 Å². The highest BCUT2D eigenvalue weighted by molar-refractivity contribution is 14.1. The molecule has 0 spiro atoms. The fourth-order valence-corrected chi connectivity index (χ4v) is 1.73.